The van der Waals surface area contributed by atoms with Gasteiger partial charge < -0.3 is 20.7 Å². The van der Waals surface area contributed by atoms with Crippen molar-refractivity contribution in [1.82, 2.24) is 5.32 Å². The Balaban J connectivity index is 1.30. The van der Waals surface area contributed by atoms with Crippen molar-refractivity contribution in [3.8, 4) is 11.5 Å². The van der Waals surface area contributed by atoms with Crippen LogP contribution in [0.4, 0.5) is 16.2 Å². The predicted octanol–water partition coefficient (Wildman–Crippen LogP) is 6.17. The van der Waals surface area contributed by atoms with Gasteiger partial charge in [0.25, 0.3) is 5.91 Å². The molecule has 158 valence electrons. The number of carbonyl (C=O) groups excluding carboxylic acids is 2. The summed E-state index contributed by atoms with van der Waals surface area (Å²) >= 11 is 6.02. The molecule has 0 fully saturated rings. The van der Waals surface area contributed by atoms with Gasteiger partial charge in [0, 0.05) is 17.3 Å². The maximum atomic E-state index is 12.7. The fourth-order valence-corrected chi connectivity index (χ4v) is 3.84. The number of carbonyl (C=O) groups is 2. The summed E-state index contributed by atoms with van der Waals surface area (Å²) in [6, 6.07) is 23.6. The molecule has 0 saturated carbocycles. The van der Waals surface area contributed by atoms with E-state index in [0.717, 1.165) is 16.3 Å². The number of amides is 3. The maximum absolute atomic E-state index is 12.7. The van der Waals surface area contributed by atoms with Crippen molar-refractivity contribution in [2.24, 2.45) is 0 Å². The van der Waals surface area contributed by atoms with Gasteiger partial charge >= 0.3 is 6.03 Å². The molecule has 7 heteroatoms. The molecule has 0 saturated heterocycles. The molecule has 6 nitrogen and oxygen atoms in total. The van der Waals surface area contributed by atoms with Crippen LogP contribution in [0, 0.1) is 0 Å². The molecule has 0 aromatic heterocycles. The van der Waals surface area contributed by atoms with E-state index in [1.165, 1.54) is 0 Å². The number of rotatable bonds is 3. The van der Waals surface area contributed by atoms with Crippen LogP contribution in [0.25, 0.3) is 10.8 Å². The number of ether oxygens (including phenoxy) is 1. The van der Waals surface area contributed by atoms with Gasteiger partial charge in [-0.2, -0.15) is 0 Å². The molecule has 0 atom stereocenters. The molecule has 0 radical (unpaired) electrons. The molecule has 0 bridgehead atoms. The zero-order valence-electron chi connectivity index (χ0n) is 16.8. The van der Waals surface area contributed by atoms with Gasteiger partial charge in [0.1, 0.15) is 5.75 Å². The van der Waals surface area contributed by atoms with Gasteiger partial charge in [0.05, 0.1) is 11.3 Å². The Labute approximate surface area is 189 Å². The van der Waals surface area contributed by atoms with Gasteiger partial charge in [-0.05, 0) is 52.7 Å². The first-order chi connectivity index (χ1) is 15.6. The largest absolute Gasteiger partial charge is 0.454 e. The average molecular weight is 444 g/mol. The van der Waals surface area contributed by atoms with Crippen molar-refractivity contribution in [3.05, 3.63) is 95.0 Å². The van der Waals surface area contributed by atoms with Crippen molar-refractivity contribution >= 4 is 45.7 Å². The molecule has 4 aromatic rings. The number of benzene rings is 4. The smallest absolute Gasteiger partial charge is 0.319 e. The van der Waals surface area contributed by atoms with Gasteiger partial charge in [-0.15, -0.1) is 0 Å². The van der Waals surface area contributed by atoms with Gasteiger partial charge in [-0.1, -0.05) is 54.1 Å². The lowest BCUT2D eigenvalue weighted by molar-refractivity contribution is 0.102. The summed E-state index contributed by atoms with van der Waals surface area (Å²) in [5, 5.41) is 11.1. The van der Waals surface area contributed by atoms with Gasteiger partial charge in [0.2, 0.25) is 0 Å². The first kappa shape index (κ1) is 19.9. The third kappa shape index (κ3) is 3.96. The van der Waals surface area contributed by atoms with Crippen LogP contribution in [0.3, 0.4) is 0 Å². The van der Waals surface area contributed by atoms with E-state index in [-0.39, 0.29) is 11.9 Å². The lowest BCUT2D eigenvalue weighted by atomic mass is 10.0. The quantitative estimate of drug-likeness (QED) is 0.354. The minimum absolute atomic E-state index is 0.309. The fourth-order valence-electron chi connectivity index (χ4n) is 3.67. The molecule has 0 spiro atoms. The zero-order valence-corrected chi connectivity index (χ0v) is 17.6. The standard InChI is InChI=1S/C25H18ClN3O3/c26-17-8-10-23-21(12-17)29-24(30)20-13-18(9-11-22(20)32-23)28-25(31)27-14-16-6-3-5-15-4-1-2-7-19(15)16/h1-13H,14H2,(H,29,30)(H2,27,28,31). The SMILES string of the molecule is O=C(NCc1cccc2ccccc12)Nc1ccc2c(c1)C(=O)Nc1cc(Cl)ccc1O2. The van der Waals surface area contributed by atoms with E-state index >= 15 is 0 Å². The molecule has 5 rings (SSSR count). The van der Waals surface area contributed by atoms with Crippen molar-refractivity contribution in [2.75, 3.05) is 10.6 Å². The number of halogens is 1. The second kappa shape index (κ2) is 8.24. The van der Waals surface area contributed by atoms with E-state index < -0.39 is 0 Å². The number of hydrogen-bond acceptors (Lipinski definition) is 3. The molecule has 1 aliphatic heterocycles. The summed E-state index contributed by atoms with van der Waals surface area (Å²) < 4.78 is 5.86. The Morgan fingerprint density at radius 3 is 2.66 bits per heavy atom. The number of anilines is 2. The van der Waals surface area contributed by atoms with E-state index in [9.17, 15) is 9.59 Å². The maximum Gasteiger partial charge on any atom is 0.319 e. The highest BCUT2D eigenvalue weighted by atomic mass is 35.5. The predicted molar refractivity (Wildman–Crippen MR) is 126 cm³/mol. The molecular formula is C25H18ClN3O3. The Morgan fingerprint density at radius 1 is 0.938 bits per heavy atom. The monoisotopic (exact) mass is 443 g/mol. The van der Waals surface area contributed by atoms with Gasteiger partial charge in [-0.3, -0.25) is 4.79 Å². The summed E-state index contributed by atoms with van der Waals surface area (Å²) in [6.45, 7) is 0.373. The normalized spacial score (nSPS) is 12.1. The highest BCUT2D eigenvalue weighted by molar-refractivity contribution is 6.31. The lowest BCUT2D eigenvalue weighted by Gasteiger charge is -2.12. The van der Waals surface area contributed by atoms with Crippen molar-refractivity contribution in [3.63, 3.8) is 0 Å². The third-order valence-corrected chi connectivity index (χ3v) is 5.45. The Kier molecular flexibility index (Phi) is 5.13. The lowest BCUT2D eigenvalue weighted by Crippen LogP contribution is -2.28. The molecule has 1 aliphatic rings. The van der Waals surface area contributed by atoms with Gasteiger partial charge in [-0.25, -0.2) is 4.79 Å². The number of urea groups is 1. The topological polar surface area (TPSA) is 79.5 Å². The van der Waals surface area contributed by atoms with Crippen molar-refractivity contribution in [1.29, 1.82) is 0 Å². The van der Waals surface area contributed by atoms with E-state index in [1.54, 1.807) is 36.4 Å². The van der Waals surface area contributed by atoms with E-state index in [2.05, 4.69) is 16.0 Å². The summed E-state index contributed by atoms with van der Waals surface area (Å²) in [6.07, 6.45) is 0. The Hall–Kier alpha value is -4.03. The van der Waals surface area contributed by atoms with Crippen LogP contribution >= 0.6 is 11.6 Å². The molecule has 3 N–H and O–H groups in total. The fraction of sp³-hybridized carbons (Fsp3) is 0.0400. The van der Waals surface area contributed by atoms with E-state index in [0.29, 0.717) is 40.0 Å². The number of nitrogens with one attached hydrogen (secondary N) is 3. The molecule has 0 unspecified atom stereocenters. The van der Waals surface area contributed by atoms with Crippen molar-refractivity contribution in [2.45, 2.75) is 6.54 Å². The Bertz CT molecular complexity index is 1360. The van der Waals surface area contributed by atoms with Crippen LogP contribution in [0.15, 0.2) is 78.9 Å². The second-order valence-electron chi connectivity index (χ2n) is 7.35. The molecule has 3 amide bonds. The summed E-state index contributed by atoms with van der Waals surface area (Å²) in [4.78, 5) is 25.2. The molecule has 1 heterocycles. The Morgan fingerprint density at radius 2 is 1.75 bits per heavy atom. The van der Waals surface area contributed by atoms with Crippen molar-refractivity contribution < 1.29 is 14.3 Å². The molecule has 32 heavy (non-hydrogen) atoms. The van der Waals surface area contributed by atoms with E-state index in [4.69, 9.17) is 16.3 Å². The highest BCUT2D eigenvalue weighted by Gasteiger charge is 2.21. The molecular weight excluding hydrogens is 426 g/mol. The second-order valence-corrected chi connectivity index (χ2v) is 7.79. The summed E-state index contributed by atoms with van der Waals surface area (Å²) in [7, 11) is 0. The highest BCUT2D eigenvalue weighted by Crippen LogP contribution is 2.37. The van der Waals surface area contributed by atoms with Crippen LogP contribution in [-0.4, -0.2) is 11.9 Å². The van der Waals surface area contributed by atoms with Crippen LogP contribution in [0.1, 0.15) is 15.9 Å². The molecule has 4 aromatic carbocycles. The van der Waals surface area contributed by atoms with Crippen LogP contribution in [0.5, 0.6) is 11.5 Å². The van der Waals surface area contributed by atoms with Crippen LogP contribution in [-0.2, 0) is 6.54 Å². The minimum Gasteiger partial charge on any atom is -0.454 e. The average Bonchev–Trinajstić information content (AvgIpc) is 2.93. The first-order valence-electron chi connectivity index (χ1n) is 10.0. The number of hydrogen-bond donors (Lipinski definition) is 3. The number of fused-ring (bicyclic) bond motifs is 3. The third-order valence-electron chi connectivity index (χ3n) is 5.21. The first-order valence-corrected chi connectivity index (χ1v) is 10.4. The van der Waals surface area contributed by atoms with E-state index in [1.807, 2.05) is 42.5 Å². The summed E-state index contributed by atoms with van der Waals surface area (Å²) in [5.41, 5.74) is 2.29. The molecule has 0 aliphatic carbocycles. The zero-order chi connectivity index (χ0) is 22.1. The summed E-state index contributed by atoms with van der Waals surface area (Å²) in [5.74, 6) is 0.543. The van der Waals surface area contributed by atoms with Crippen LogP contribution < -0.4 is 20.7 Å². The van der Waals surface area contributed by atoms with Gasteiger partial charge in [0.15, 0.2) is 5.75 Å². The van der Waals surface area contributed by atoms with Crippen LogP contribution in [0.2, 0.25) is 5.02 Å². The minimum atomic E-state index is -0.372.